The molecule has 1 aliphatic carbocycles. The van der Waals surface area contributed by atoms with E-state index in [1.807, 2.05) is 18.2 Å². The highest BCUT2D eigenvalue weighted by molar-refractivity contribution is 5.82. The number of nitrogens with zero attached hydrogens (tertiary/aromatic N) is 1. The van der Waals surface area contributed by atoms with Gasteiger partial charge >= 0.3 is 0 Å². The van der Waals surface area contributed by atoms with Gasteiger partial charge in [0.25, 0.3) is 0 Å². The number of carbonyl (C=O) groups is 1. The number of ether oxygens (including phenoxy) is 2. The van der Waals surface area contributed by atoms with Crippen LogP contribution in [0, 0.1) is 0 Å². The van der Waals surface area contributed by atoms with Crippen molar-refractivity contribution in [2.45, 2.75) is 43.9 Å². The first-order chi connectivity index (χ1) is 16.2. The summed E-state index contributed by atoms with van der Waals surface area (Å²) in [4.78, 5) is 15.5. The summed E-state index contributed by atoms with van der Waals surface area (Å²) in [7, 11) is 1.65. The molecule has 1 fully saturated rings. The maximum Gasteiger partial charge on any atom is 0.237 e. The number of para-hydroxylation sites is 1. The summed E-state index contributed by atoms with van der Waals surface area (Å²) in [5, 5.41) is 6.75. The predicted octanol–water partition coefficient (Wildman–Crippen LogP) is 2.71. The fourth-order valence-electron chi connectivity index (χ4n) is 5.03. The summed E-state index contributed by atoms with van der Waals surface area (Å²) < 4.78 is 10.9. The molecule has 33 heavy (non-hydrogen) atoms. The van der Waals surface area contributed by atoms with Crippen LogP contribution in [-0.4, -0.2) is 62.3 Å². The molecule has 0 spiro atoms. The molecular weight excluding hydrogens is 414 g/mol. The van der Waals surface area contributed by atoms with Crippen molar-refractivity contribution in [1.82, 2.24) is 15.5 Å². The van der Waals surface area contributed by atoms with E-state index in [1.54, 1.807) is 13.2 Å². The molecule has 176 valence electrons. The van der Waals surface area contributed by atoms with E-state index in [0.717, 1.165) is 37.1 Å². The highest BCUT2D eigenvalue weighted by Crippen LogP contribution is 2.31. The molecule has 2 N–H and O–H groups in total. The Morgan fingerprint density at radius 2 is 1.88 bits per heavy atom. The number of rotatable bonds is 11. The monoisotopic (exact) mass is 449 g/mol. The van der Waals surface area contributed by atoms with Gasteiger partial charge in [0.2, 0.25) is 5.91 Å². The van der Waals surface area contributed by atoms with Gasteiger partial charge in [-0.15, -0.1) is 0 Å². The lowest BCUT2D eigenvalue weighted by atomic mass is 10.1. The lowest BCUT2D eigenvalue weighted by molar-refractivity contribution is -0.126. The van der Waals surface area contributed by atoms with E-state index in [9.17, 15) is 4.79 Å². The average Bonchev–Trinajstić information content (AvgIpc) is 3.46. The third-order valence-corrected chi connectivity index (χ3v) is 6.66. The van der Waals surface area contributed by atoms with E-state index in [0.29, 0.717) is 32.3 Å². The van der Waals surface area contributed by atoms with Crippen molar-refractivity contribution in [2.24, 2.45) is 0 Å². The molecule has 1 aliphatic heterocycles. The summed E-state index contributed by atoms with van der Waals surface area (Å²) in [6.07, 6.45) is 4.55. The average molecular weight is 450 g/mol. The second kappa shape index (κ2) is 11.5. The summed E-state index contributed by atoms with van der Waals surface area (Å²) in [5.74, 6) is 0.974. The lowest BCUT2D eigenvalue weighted by Crippen LogP contribution is -2.48. The van der Waals surface area contributed by atoms with E-state index in [1.165, 1.54) is 11.1 Å². The number of amides is 1. The van der Waals surface area contributed by atoms with Gasteiger partial charge in [-0.05, 0) is 36.5 Å². The molecule has 1 heterocycles. The Morgan fingerprint density at radius 3 is 2.61 bits per heavy atom. The number of hydrogen-bond acceptors (Lipinski definition) is 5. The van der Waals surface area contributed by atoms with Gasteiger partial charge in [-0.1, -0.05) is 55.1 Å². The van der Waals surface area contributed by atoms with Gasteiger partial charge in [-0.2, -0.15) is 0 Å². The van der Waals surface area contributed by atoms with Gasteiger partial charge in [0.15, 0.2) is 0 Å². The van der Waals surface area contributed by atoms with Crippen molar-refractivity contribution in [1.29, 1.82) is 0 Å². The van der Waals surface area contributed by atoms with Gasteiger partial charge in [-0.25, -0.2) is 0 Å². The maximum absolute atomic E-state index is 13.1. The van der Waals surface area contributed by atoms with Crippen LogP contribution in [0.1, 0.15) is 23.1 Å². The van der Waals surface area contributed by atoms with Gasteiger partial charge < -0.3 is 20.1 Å². The molecule has 4 rings (SSSR count). The predicted molar refractivity (Wildman–Crippen MR) is 130 cm³/mol. The molecule has 1 saturated heterocycles. The van der Waals surface area contributed by atoms with E-state index in [4.69, 9.17) is 9.47 Å². The van der Waals surface area contributed by atoms with E-state index >= 15 is 0 Å². The van der Waals surface area contributed by atoms with E-state index < -0.39 is 0 Å². The standard InChI is InChI=1S/C27H35N3O3/c1-3-13-33-26-11-7-6-10-22(26)18-29-23-17-25(27(31)28-12-14-32-2)30(19-23)24-15-20-8-4-5-9-21(20)16-24/h3-11,23-25,29H,1,12-19H2,2H3,(H,28,31)/t23-,25+/m1/s1. The Balaban J connectivity index is 1.42. The molecule has 0 aromatic heterocycles. The molecule has 0 unspecified atom stereocenters. The first kappa shape index (κ1) is 23.5. The van der Waals surface area contributed by atoms with Crippen molar-refractivity contribution in [3.05, 3.63) is 77.9 Å². The van der Waals surface area contributed by atoms with Gasteiger partial charge in [-0.3, -0.25) is 9.69 Å². The summed E-state index contributed by atoms with van der Waals surface area (Å²) >= 11 is 0. The third kappa shape index (κ3) is 5.82. The van der Waals surface area contributed by atoms with Crippen molar-refractivity contribution in [2.75, 3.05) is 33.4 Å². The van der Waals surface area contributed by atoms with Gasteiger partial charge in [0.1, 0.15) is 12.4 Å². The van der Waals surface area contributed by atoms with Crippen molar-refractivity contribution >= 4 is 5.91 Å². The molecule has 2 atom stereocenters. The SMILES string of the molecule is C=CCOc1ccccc1CN[C@@H]1C[C@@H](C(=O)NCCOC)N(C2Cc3ccccc3C2)C1. The largest absolute Gasteiger partial charge is 0.489 e. The van der Waals surface area contributed by atoms with Crippen LogP contribution in [-0.2, 0) is 28.9 Å². The molecule has 6 nitrogen and oxygen atoms in total. The second-order valence-electron chi connectivity index (χ2n) is 8.85. The molecule has 0 saturated carbocycles. The third-order valence-electron chi connectivity index (χ3n) is 6.66. The fourth-order valence-corrected chi connectivity index (χ4v) is 5.03. The van der Waals surface area contributed by atoms with Gasteiger partial charge in [0.05, 0.1) is 12.6 Å². The summed E-state index contributed by atoms with van der Waals surface area (Å²) in [5.41, 5.74) is 3.93. The Hall–Kier alpha value is -2.67. The number of carbonyl (C=O) groups excluding carboxylic acids is 1. The summed E-state index contributed by atoms with van der Waals surface area (Å²) in [6, 6.07) is 17.2. The fraction of sp³-hybridized carbons (Fsp3) is 0.444. The van der Waals surface area contributed by atoms with Crippen LogP contribution in [0.5, 0.6) is 5.75 Å². The van der Waals surface area contributed by atoms with Crippen LogP contribution >= 0.6 is 0 Å². The zero-order chi connectivity index (χ0) is 23.0. The number of methoxy groups -OCH3 is 1. The first-order valence-corrected chi connectivity index (χ1v) is 11.8. The zero-order valence-corrected chi connectivity index (χ0v) is 19.5. The number of hydrogen-bond donors (Lipinski definition) is 2. The van der Waals surface area contributed by atoms with Crippen LogP contribution < -0.4 is 15.4 Å². The van der Waals surface area contributed by atoms with E-state index in [-0.39, 0.29) is 18.0 Å². The van der Waals surface area contributed by atoms with Crippen LogP contribution in [0.25, 0.3) is 0 Å². The minimum atomic E-state index is -0.133. The second-order valence-corrected chi connectivity index (χ2v) is 8.85. The maximum atomic E-state index is 13.1. The van der Waals surface area contributed by atoms with Crippen LogP contribution in [0.4, 0.5) is 0 Å². The molecule has 2 aromatic rings. The van der Waals surface area contributed by atoms with Crippen molar-refractivity contribution in [3.63, 3.8) is 0 Å². The Morgan fingerprint density at radius 1 is 1.15 bits per heavy atom. The lowest BCUT2D eigenvalue weighted by Gasteiger charge is -2.29. The molecule has 0 radical (unpaired) electrons. The number of nitrogens with one attached hydrogen (secondary N) is 2. The van der Waals surface area contributed by atoms with Gasteiger partial charge in [0, 0.05) is 44.4 Å². The van der Waals surface area contributed by atoms with Crippen molar-refractivity contribution in [3.8, 4) is 5.75 Å². The van der Waals surface area contributed by atoms with Crippen LogP contribution in [0.2, 0.25) is 0 Å². The number of benzene rings is 2. The Bertz CT molecular complexity index is 923. The van der Waals surface area contributed by atoms with Crippen LogP contribution in [0.15, 0.2) is 61.2 Å². The topological polar surface area (TPSA) is 62.8 Å². The quantitative estimate of drug-likeness (QED) is 0.408. The molecule has 2 aromatic carbocycles. The normalized spacial score (nSPS) is 20.5. The Labute approximate surface area is 197 Å². The molecular formula is C27H35N3O3. The van der Waals surface area contributed by atoms with Crippen LogP contribution in [0.3, 0.4) is 0 Å². The number of likely N-dealkylation sites (tertiary alicyclic amines) is 1. The first-order valence-electron chi connectivity index (χ1n) is 11.8. The molecule has 6 heteroatoms. The Kier molecular flexibility index (Phi) is 8.15. The highest BCUT2D eigenvalue weighted by atomic mass is 16.5. The smallest absolute Gasteiger partial charge is 0.237 e. The minimum Gasteiger partial charge on any atom is -0.489 e. The number of fused-ring (bicyclic) bond motifs is 1. The summed E-state index contributed by atoms with van der Waals surface area (Å²) in [6.45, 7) is 6.84. The highest BCUT2D eigenvalue weighted by Gasteiger charge is 2.41. The molecule has 2 aliphatic rings. The minimum absolute atomic E-state index is 0.0991. The van der Waals surface area contributed by atoms with Crippen molar-refractivity contribution < 1.29 is 14.3 Å². The van der Waals surface area contributed by atoms with E-state index in [2.05, 4.69) is 52.4 Å². The molecule has 1 amide bonds. The molecule has 0 bridgehead atoms. The zero-order valence-electron chi connectivity index (χ0n) is 19.5.